The zero-order valence-electron chi connectivity index (χ0n) is 33.6. The summed E-state index contributed by atoms with van der Waals surface area (Å²) in [5.74, 6) is 2.30. The monoisotopic (exact) mass is 821 g/mol. The number of pyridine rings is 1. The molecular weight excluding hydrogens is 775 g/mol. The van der Waals surface area contributed by atoms with E-state index in [1.165, 1.54) is 29.0 Å². The van der Waals surface area contributed by atoms with E-state index in [2.05, 4.69) is 51.5 Å². The Labute approximate surface area is 346 Å². The fourth-order valence-corrected chi connectivity index (χ4v) is 6.42. The third-order valence-corrected chi connectivity index (χ3v) is 9.36. The van der Waals surface area contributed by atoms with Gasteiger partial charge in [0.15, 0.2) is 5.75 Å². The number of nitrogens with zero attached hydrogens (tertiary/aromatic N) is 3. The van der Waals surface area contributed by atoms with Crippen molar-refractivity contribution < 1.29 is 38.4 Å². The predicted octanol–water partition coefficient (Wildman–Crippen LogP) is 9.41. The van der Waals surface area contributed by atoms with E-state index >= 15 is 0 Å². The molecule has 0 spiro atoms. The van der Waals surface area contributed by atoms with Gasteiger partial charge >= 0.3 is 12.0 Å². The number of rotatable bonds is 18. The normalized spacial score (nSPS) is 11.2. The topological polar surface area (TPSA) is 179 Å². The molecule has 5 N–H and O–H groups in total. The number of benzene rings is 4. The number of amides is 2. The van der Waals surface area contributed by atoms with E-state index in [1.807, 2.05) is 60.9 Å². The van der Waals surface area contributed by atoms with Crippen molar-refractivity contribution in [2.45, 2.75) is 32.7 Å². The van der Waals surface area contributed by atoms with E-state index in [4.69, 9.17) is 28.8 Å². The van der Waals surface area contributed by atoms with Crippen molar-refractivity contribution in [2.24, 2.45) is 0 Å². The third kappa shape index (κ3) is 11.1. The molecule has 0 bridgehead atoms. The average molecular weight is 822 g/mol. The SMILES string of the molecule is COc1cc(Nc2cc(Oc3ccc(NC(=O)Nc4cc(C(C)(C)C)cc(NSC)c4OC)c4ccccc34)ccn2)cc(OCCOCCn2cc(C(=O)O)cn2)c1. The van der Waals surface area contributed by atoms with Gasteiger partial charge in [-0.2, -0.15) is 5.10 Å². The first-order chi connectivity index (χ1) is 28.4. The number of aromatic carboxylic acids is 1. The molecule has 0 aliphatic carbocycles. The molecule has 6 rings (SSSR count). The number of fused-ring (bicyclic) bond motifs is 1. The smallest absolute Gasteiger partial charge is 0.338 e. The summed E-state index contributed by atoms with van der Waals surface area (Å²) in [6.07, 6.45) is 6.33. The van der Waals surface area contributed by atoms with Crippen LogP contribution in [0.3, 0.4) is 0 Å². The lowest BCUT2D eigenvalue weighted by molar-refractivity contribution is 0.0696. The number of ether oxygens (including phenoxy) is 5. The summed E-state index contributed by atoms with van der Waals surface area (Å²) in [7, 11) is 3.15. The maximum Gasteiger partial charge on any atom is 0.338 e. The molecule has 6 aromatic rings. The highest BCUT2D eigenvalue weighted by atomic mass is 32.2. The van der Waals surface area contributed by atoms with E-state index in [-0.39, 0.29) is 17.6 Å². The zero-order chi connectivity index (χ0) is 41.9. The van der Waals surface area contributed by atoms with Gasteiger partial charge in [-0.1, -0.05) is 57.0 Å². The van der Waals surface area contributed by atoms with Gasteiger partial charge in [0.2, 0.25) is 0 Å². The number of carbonyl (C=O) groups excluding carboxylic acids is 1. The van der Waals surface area contributed by atoms with Crippen molar-refractivity contribution >= 4 is 63.3 Å². The van der Waals surface area contributed by atoms with Crippen LogP contribution >= 0.6 is 11.9 Å². The minimum absolute atomic E-state index is 0.126. The number of anilines is 5. The second kappa shape index (κ2) is 19.2. The molecular formula is C43H47N7O8S. The van der Waals surface area contributed by atoms with Crippen LogP contribution in [0.15, 0.2) is 97.5 Å². The van der Waals surface area contributed by atoms with Crippen LogP contribution < -0.4 is 39.6 Å². The van der Waals surface area contributed by atoms with Crippen molar-refractivity contribution in [3.63, 3.8) is 0 Å². The molecule has 0 aliphatic rings. The van der Waals surface area contributed by atoms with E-state index in [0.717, 1.165) is 22.0 Å². The van der Waals surface area contributed by atoms with E-state index in [0.29, 0.717) is 71.4 Å². The first-order valence-corrected chi connectivity index (χ1v) is 19.8. The number of aromatic nitrogens is 3. The molecule has 2 amide bonds. The molecule has 16 heteroatoms. The zero-order valence-corrected chi connectivity index (χ0v) is 34.4. The van der Waals surface area contributed by atoms with Crippen LogP contribution in [0.4, 0.5) is 33.4 Å². The van der Waals surface area contributed by atoms with Crippen LogP contribution in [0.25, 0.3) is 10.8 Å². The van der Waals surface area contributed by atoms with Gasteiger partial charge < -0.3 is 49.5 Å². The van der Waals surface area contributed by atoms with Crippen molar-refractivity contribution in [1.29, 1.82) is 0 Å². The Morgan fingerprint density at radius 2 is 1.59 bits per heavy atom. The third-order valence-electron chi connectivity index (χ3n) is 8.94. The largest absolute Gasteiger partial charge is 0.497 e. The van der Waals surface area contributed by atoms with Crippen LogP contribution in [0.1, 0.15) is 36.7 Å². The highest BCUT2D eigenvalue weighted by Crippen LogP contribution is 2.40. The van der Waals surface area contributed by atoms with Crippen LogP contribution in [0.2, 0.25) is 0 Å². The van der Waals surface area contributed by atoms with E-state index in [1.54, 1.807) is 44.7 Å². The Hall–Kier alpha value is -6.65. The van der Waals surface area contributed by atoms with Gasteiger partial charge in [-0.3, -0.25) is 4.68 Å². The number of nitrogens with one attached hydrogen (secondary N) is 4. The number of carboxylic acids is 1. The van der Waals surface area contributed by atoms with Crippen LogP contribution in [-0.2, 0) is 16.7 Å². The summed E-state index contributed by atoms with van der Waals surface area (Å²) in [4.78, 5) is 29.0. The minimum atomic E-state index is -1.03. The number of carbonyl (C=O) groups is 2. The van der Waals surface area contributed by atoms with Gasteiger partial charge in [-0.15, -0.1) is 0 Å². The van der Waals surface area contributed by atoms with Gasteiger partial charge in [-0.25, -0.2) is 14.6 Å². The number of hydrogen-bond acceptors (Lipinski definition) is 12. The number of methoxy groups -OCH3 is 2. The lowest BCUT2D eigenvalue weighted by Gasteiger charge is -2.24. The van der Waals surface area contributed by atoms with Crippen LogP contribution in [0.5, 0.6) is 28.7 Å². The predicted molar refractivity (Wildman–Crippen MR) is 232 cm³/mol. The molecule has 0 radical (unpaired) electrons. The summed E-state index contributed by atoms with van der Waals surface area (Å²) in [5.41, 5.74) is 3.58. The van der Waals surface area contributed by atoms with Crippen molar-refractivity contribution in [3.05, 3.63) is 109 Å². The summed E-state index contributed by atoms with van der Waals surface area (Å²) < 4.78 is 34.0. The summed E-state index contributed by atoms with van der Waals surface area (Å²) in [6.45, 7) is 7.68. The van der Waals surface area contributed by atoms with Gasteiger partial charge in [-0.05, 0) is 41.3 Å². The van der Waals surface area contributed by atoms with E-state index < -0.39 is 12.0 Å². The lowest BCUT2D eigenvalue weighted by atomic mass is 9.86. The Morgan fingerprint density at radius 1 is 0.831 bits per heavy atom. The molecule has 0 aliphatic heterocycles. The van der Waals surface area contributed by atoms with E-state index in [9.17, 15) is 9.59 Å². The fourth-order valence-electron chi connectivity index (χ4n) is 6.04. The first-order valence-electron chi connectivity index (χ1n) is 18.6. The first kappa shape index (κ1) is 42.0. The number of hydrogen-bond donors (Lipinski definition) is 5. The second-order valence-electron chi connectivity index (χ2n) is 14.2. The van der Waals surface area contributed by atoms with Gasteiger partial charge in [0.1, 0.15) is 35.4 Å². The molecule has 308 valence electrons. The van der Waals surface area contributed by atoms with Crippen molar-refractivity contribution in [2.75, 3.05) is 61.0 Å². The van der Waals surface area contributed by atoms with Crippen LogP contribution in [-0.4, -0.2) is 72.2 Å². The summed E-state index contributed by atoms with van der Waals surface area (Å²) in [6, 6.07) is 23.8. The highest BCUT2D eigenvalue weighted by molar-refractivity contribution is 7.99. The van der Waals surface area contributed by atoms with Gasteiger partial charge in [0.05, 0.1) is 62.8 Å². The van der Waals surface area contributed by atoms with Crippen molar-refractivity contribution in [3.8, 4) is 28.7 Å². The molecule has 15 nitrogen and oxygen atoms in total. The summed E-state index contributed by atoms with van der Waals surface area (Å²) in [5, 5.41) is 24.0. The van der Waals surface area contributed by atoms with Crippen LogP contribution in [0, 0.1) is 0 Å². The molecule has 0 fully saturated rings. The Morgan fingerprint density at radius 3 is 2.32 bits per heavy atom. The van der Waals surface area contributed by atoms with Gasteiger partial charge in [0, 0.05) is 59.4 Å². The molecule has 2 heterocycles. The highest BCUT2D eigenvalue weighted by Gasteiger charge is 2.21. The molecule has 0 atom stereocenters. The quantitative estimate of drug-likeness (QED) is 0.0409. The Kier molecular flexibility index (Phi) is 13.7. The molecule has 4 aromatic carbocycles. The molecule has 0 saturated carbocycles. The Balaban J connectivity index is 1.10. The minimum Gasteiger partial charge on any atom is -0.497 e. The average Bonchev–Trinajstić information content (AvgIpc) is 3.69. The molecule has 2 aromatic heterocycles. The molecule has 59 heavy (non-hydrogen) atoms. The number of urea groups is 1. The van der Waals surface area contributed by atoms with Crippen molar-refractivity contribution in [1.82, 2.24) is 14.8 Å². The lowest BCUT2D eigenvalue weighted by Crippen LogP contribution is -2.21. The fraction of sp³-hybridized carbons (Fsp3) is 0.256. The maximum absolute atomic E-state index is 13.5. The maximum atomic E-state index is 13.5. The standard InChI is InChI=1S/C43H47N7O8S/c1-43(2,3)28-19-36(40(55-5)37(20-28)49-59-6)48-42(53)47-35-11-12-38(34-10-8-7-9-33(34)35)58-30-13-14-44-39(24-30)46-29-21-31(54-4)23-32(22-29)57-18-17-56-16-15-50-26-27(25-45-50)41(51)52/h7-14,19-26,49H,15-18H2,1-6H3,(H,44,46)(H,51,52)(H2,47,48,53). The second-order valence-corrected chi connectivity index (χ2v) is 14.8. The summed E-state index contributed by atoms with van der Waals surface area (Å²) >= 11 is 1.44. The number of carboxylic acid groups (broad SMARTS) is 1. The molecule has 0 unspecified atom stereocenters. The molecule has 0 saturated heterocycles. The van der Waals surface area contributed by atoms with Gasteiger partial charge in [0.25, 0.3) is 0 Å². The Bertz CT molecular complexity index is 2420.